The lowest BCUT2D eigenvalue weighted by molar-refractivity contribution is -0.152. The van der Waals surface area contributed by atoms with E-state index in [1.807, 2.05) is 0 Å². The molecule has 30 heavy (non-hydrogen) atoms. The summed E-state index contributed by atoms with van der Waals surface area (Å²) in [4.78, 5) is 38.2. The SMILES string of the molecule is C=CCOC(=O)N[C@@H]1[C@H](C(=O)OCC[Si](C)(C)C)C2CC(=O)[C@H]1c1cc(O)ccc12. The predicted molar refractivity (Wildman–Crippen MR) is 114 cm³/mol. The van der Waals surface area contributed by atoms with E-state index in [9.17, 15) is 19.5 Å². The number of carbonyl (C=O) groups is 3. The molecule has 2 bridgehead atoms. The van der Waals surface area contributed by atoms with Gasteiger partial charge in [0.2, 0.25) is 0 Å². The first-order valence-electron chi connectivity index (χ1n) is 10.2. The molecule has 0 radical (unpaired) electrons. The van der Waals surface area contributed by atoms with Crippen LogP contribution in [0.4, 0.5) is 4.79 Å². The third-order valence-corrected chi connectivity index (χ3v) is 7.44. The number of amides is 1. The fourth-order valence-electron chi connectivity index (χ4n) is 4.32. The summed E-state index contributed by atoms with van der Waals surface area (Å²) in [6, 6.07) is 4.90. The highest BCUT2D eigenvalue weighted by Crippen LogP contribution is 2.52. The van der Waals surface area contributed by atoms with Crippen LogP contribution in [0.3, 0.4) is 0 Å². The molecule has 0 aliphatic heterocycles. The molecule has 1 saturated carbocycles. The number of benzene rings is 1. The van der Waals surface area contributed by atoms with Crippen LogP contribution in [0.25, 0.3) is 0 Å². The van der Waals surface area contributed by atoms with Crippen molar-refractivity contribution in [2.45, 2.75) is 50.0 Å². The molecule has 1 aromatic carbocycles. The topological polar surface area (TPSA) is 102 Å². The van der Waals surface area contributed by atoms with Gasteiger partial charge >= 0.3 is 12.1 Å². The Labute approximate surface area is 177 Å². The maximum Gasteiger partial charge on any atom is 0.407 e. The van der Waals surface area contributed by atoms with E-state index in [0.717, 1.165) is 11.6 Å². The zero-order valence-electron chi connectivity index (χ0n) is 17.6. The van der Waals surface area contributed by atoms with E-state index in [1.165, 1.54) is 6.08 Å². The molecule has 0 spiro atoms. The van der Waals surface area contributed by atoms with Crippen molar-refractivity contribution in [3.05, 3.63) is 42.0 Å². The highest BCUT2D eigenvalue weighted by molar-refractivity contribution is 6.76. The van der Waals surface area contributed by atoms with Crippen LogP contribution in [0, 0.1) is 5.92 Å². The number of nitrogens with one attached hydrogen (secondary N) is 1. The summed E-state index contributed by atoms with van der Waals surface area (Å²) in [5.41, 5.74) is 1.50. The summed E-state index contributed by atoms with van der Waals surface area (Å²) >= 11 is 0. The molecule has 4 rings (SSSR count). The van der Waals surface area contributed by atoms with E-state index >= 15 is 0 Å². The monoisotopic (exact) mass is 431 g/mol. The second-order valence-corrected chi connectivity index (χ2v) is 14.8. The van der Waals surface area contributed by atoms with Gasteiger partial charge in [-0.15, -0.1) is 0 Å². The summed E-state index contributed by atoms with van der Waals surface area (Å²) in [6.45, 7) is 10.4. The molecule has 162 valence electrons. The van der Waals surface area contributed by atoms with Crippen molar-refractivity contribution >= 4 is 25.9 Å². The molecule has 0 saturated heterocycles. The minimum absolute atomic E-state index is 0.0172. The van der Waals surface area contributed by atoms with Gasteiger partial charge < -0.3 is 19.9 Å². The zero-order chi connectivity index (χ0) is 22.1. The molecule has 1 amide bonds. The lowest BCUT2D eigenvalue weighted by Crippen LogP contribution is -2.58. The lowest BCUT2D eigenvalue weighted by Gasteiger charge is -2.47. The number of Topliss-reactive ketones (excluding diaryl/α,β-unsaturated/α-hetero) is 1. The predicted octanol–water partition coefficient (Wildman–Crippen LogP) is 3.32. The van der Waals surface area contributed by atoms with Gasteiger partial charge in [-0.3, -0.25) is 9.59 Å². The van der Waals surface area contributed by atoms with Gasteiger partial charge in [-0.25, -0.2) is 4.79 Å². The maximum atomic E-state index is 13.1. The average molecular weight is 432 g/mol. The number of carbonyl (C=O) groups excluding carboxylic acids is 3. The number of ether oxygens (including phenoxy) is 2. The largest absolute Gasteiger partial charge is 0.508 e. The van der Waals surface area contributed by atoms with E-state index in [4.69, 9.17) is 9.47 Å². The fraction of sp³-hybridized carbons (Fsp3) is 0.500. The van der Waals surface area contributed by atoms with Crippen molar-refractivity contribution in [3.63, 3.8) is 0 Å². The Morgan fingerprint density at radius 2 is 2.00 bits per heavy atom. The van der Waals surface area contributed by atoms with Gasteiger partial charge in [0, 0.05) is 20.4 Å². The molecular weight excluding hydrogens is 402 g/mol. The second kappa shape index (κ2) is 8.63. The van der Waals surface area contributed by atoms with Crippen LogP contribution in [0.1, 0.15) is 29.4 Å². The van der Waals surface area contributed by atoms with E-state index < -0.39 is 43.9 Å². The molecule has 1 fully saturated rings. The average Bonchev–Trinajstić information content (AvgIpc) is 2.64. The molecular formula is C22H29NO6Si. The van der Waals surface area contributed by atoms with Crippen molar-refractivity contribution in [2.75, 3.05) is 13.2 Å². The fourth-order valence-corrected chi connectivity index (χ4v) is 5.03. The summed E-state index contributed by atoms with van der Waals surface area (Å²) < 4.78 is 10.6. The molecule has 3 aliphatic rings. The Kier molecular flexibility index (Phi) is 6.35. The first kappa shape index (κ1) is 22.1. The van der Waals surface area contributed by atoms with Crippen LogP contribution in [0.15, 0.2) is 30.9 Å². The van der Waals surface area contributed by atoms with Gasteiger partial charge in [-0.1, -0.05) is 38.4 Å². The standard InChI is InChI=1S/C22H29NO6Si/c1-5-8-29-22(27)23-20-18-15-11-13(24)6-7-14(15)16(12-17(18)25)19(20)21(26)28-9-10-30(2,3)4/h5-7,11,16,18-20,24H,1,8-10,12H2,2-4H3,(H,23,27)/t16?,18-,19-,20+/m1/s1. The maximum absolute atomic E-state index is 13.1. The van der Waals surface area contributed by atoms with E-state index in [-0.39, 0.29) is 24.6 Å². The van der Waals surface area contributed by atoms with E-state index in [2.05, 4.69) is 31.5 Å². The Morgan fingerprint density at radius 3 is 2.67 bits per heavy atom. The zero-order valence-corrected chi connectivity index (χ0v) is 18.6. The highest BCUT2D eigenvalue weighted by Gasteiger charge is 2.55. The number of ketones is 1. The van der Waals surface area contributed by atoms with Crippen LogP contribution < -0.4 is 5.32 Å². The Morgan fingerprint density at radius 1 is 1.27 bits per heavy atom. The summed E-state index contributed by atoms with van der Waals surface area (Å²) in [5.74, 6) is -2.29. The number of hydrogen-bond donors (Lipinski definition) is 2. The number of alkyl carbamates (subject to hydrolysis) is 1. The number of phenolic OH excluding ortho intramolecular Hbond substituents is 1. The van der Waals surface area contributed by atoms with Crippen molar-refractivity contribution in [1.29, 1.82) is 0 Å². The normalized spacial score (nSPS) is 24.7. The van der Waals surface area contributed by atoms with Crippen molar-refractivity contribution in [2.24, 2.45) is 5.92 Å². The minimum Gasteiger partial charge on any atom is -0.508 e. The summed E-state index contributed by atoms with van der Waals surface area (Å²) in [5, 5.41) is 12.6. The number of fused-ring (bicyclic) bond motifs is 2. The first-order valence-corrected chi connectivity index (χ1v) is 13.9. The molecule has 8 heteroatoms. The molecule has 2 N–H and O–H groups in total. The quantitative estimate of drug-likeness (QED) is 0.390. The van der Waals surface area contributed by atoms with Gasteiger partial charge in [0.1, 0.15) is 18.1 Å². The summed E-state index contributed by atoms with van der Waals surface area (Å²) in [6.07, 6.45) is 0.922. The van der Waals surface area contributed by atoms with E-state index in [0.29, 0.717) is 12.2 Å². The van der Waals surface area contributed by atoms with Crippen molar-refractivity contribution in [1.82, 2.24) is 5.32 Å². The van der Waals surface area contributed by atoms with Crippen LogP contribution in [0.5, 0.6) is 5.75 Å². The van der Waals surface area contributed by atoms with Crippen LogP contribution in [0.2, 0.25) is 25.7 Å². The van der Waals surface area contributed by atoms with Gasteiger partial charge in [0.15, 0.2) is 0 Å². The van der Waals surface area contributed by atoms with Gasteiger partial charge in [0.05, 0.1) is 24.5 Å². The van der Waals surface area contributed by atoms with Gasteiger partial charge in [-0.05, 0) is 29.3 Å². The summed E-state index contributed by atoms with van der Waals surface area (Å²) in [7, 11) is -1.38. The van der Waals surface area contributed by atoms with Crippen molar-refractivity contribution < 1.29 is 29.0 Å². The van der Waals surface area contributed by atoms with Gasteiger partial charge in [0.25, 0.3) is 0 Å². The number of rotatable bonds is 7. The molecule has 1 aromatic rings. The number of hydrogen-bond acceptors (Lipinski definition) is 6. The van der Waals surface area contributed by atoms with E-state index in [1.54, 1.807) is 18.2 Å². The third-order valence-electron chi connectivity index (χ3n) is 5.74. The Bertz CT molecular complexity index is 862. The molecule has 0 heterocycles. The number of phenols is 1. The van der Waals surface area contributed by atoms with Crippen LogP contribution in [-0.4, -0.2) is 50.3 Å². The lowest BCUT2D eigenvalue weighted by atomic mass is 9.58. The molecule has 7 nitrogen and oxygen atoms in total. The van der Waals surface area contributed by atoms with Gasteiger partial charge in [-0.2, -0.15) is 0 Å². The van der Waals surface area contributed by atoms with Crippen LogP contribution in [-0.2, 0) is 19.1 Å². The molecule has 1 unspecified atom stereocenters. The second-order valence-electron chi connectivity index (χ2n) is 9.13. The number of esters is 1. The molecule has 3 aliphatic carbocycles. The van der Waals surface area contributed by atoms with Crippen LogP contribution >= 0.6 is 0 Å². The number of aromatic hydroxyl groups is 1. The Hall–Kier alpha value is -2.61. The molecule has 4 atom stereocenters. The third kappa shape index (κ3) is 4.58. The van der Waals surface area contributed by atoms with Crippen molar-refractivity contribution in [3.8, 4) is 5.75 Å². The smallest absolute Gasteiger partial charge is 0.407 e. The Balaban J connectivity index is 1.90. The molecule has 0 aromatic heterocycles. The highest BCUT2D eigenvalue weighted by atomic mass is 28.3. The first-order chi connectivity index (χ1) is 14.1. The minimum atomic E-state index is -1.38.